The number of amides is 1. The molecule has 3 nitrogen and oxygen atoms in total. The van der Waals surface area contributed by atoms with Crippen LogP contribution in [0.15, 0.2) is 18.2 Å². The van der Waals surface area contributed by atoms with Crippen LogP contribution in [-0.2, 0) is 17.6 Å². The zero-order chi connectivity index (χ0) is 14.7. The second-order valence-corrected chi connectivity index (χ2v) is 6.62. The van der Waals surface area contributed by atoms with E-state index in [1.807, 2.05) is 0 Å². The van der Waals surface area contributed by atoms with Crippen molar-refractivity contribution in [2.24, 2.45) is 0 Å². The first kappa shape index (κ1) is 14.6. The number of anilines is 1. The first-order valence-electron chi connectivity index (χ1n) is 8.51. The van der Waals surface area contributed by atoms with Crippen molar-refractivity contribution >= 4 is 11.6 Å². The first-order valence-corrected chi connectivity index (χ1v) is 8.51. The summed E-state index contributed by atoms with van der Waals surface area (Å²) < 4.78 is 0. The molecule has 0 aromatic heterocycles. The third kappa shape index (κ3) is 3.46. The van der Waals surface area contributed by atoms with Crippen LogP contribution in [0.25, 0.3) is 0 Å². The SMILES string of the molecule is C[C@H](C(=O)Nc1ccc2c(c1)CCC2)[NH+]1CCCCCC1. The van der Waals surface area contributed by atoms with Crippen LogP contribution >= 0.6 is 0 Å². The average molecular weight is 287 g/mol. The van der Waals surface area contributed by atoms with Crippen LogP contribution in [0.3, 0.4) is 0 Å². The highest BCUT2D eigenvalue weighted by molar-refractivity contribution is 5.93. The Hall–Kier alpha value is -1.35. The van der Waals surface area contributed by atoms with Gasteiger partial charge in [0.1, 0.15) is 0 Å². The quantitative estimate of drug-likeness (QED) is 0.875. The second kappa shape index (κ2) is 6.61. The summed E-state index contributed by atoms with van der Waals surface area (Å²) in [5.74, 6) is 0.171. The number of rotatable bonds is 3. The van der Waals surface area contributed by atoms with Gasteiger partial charge < -0.3 is 10.2 Å². The van der Waals surface area contributed by atoms with Crippen molar-refractivity contribution in [3.05, 3.63) is 29.3 Å². The maximum absolute atomic E-state index is 12.5. The van der Waals surface area contributed by atoms with Crippen LogP contribution < -0.4 is 10.2 Å². The summed E-state index contributed by atoms with van der Waals surface area (Å²) in [7, 11) is 0. The maximum Gasteiger partial charge on any atom is 0.282 e. The molecule has 1 saturated heterocycles. The predicted octanol–water partition coefficient (Wildman–Crippen LogP) is 1.96. The summed E-state index contributed by atoms with van der Waals surface area (Å²) in [4.78, 5) is 13.9. The van der Waals surface area contributed by atoms with Crippen LogP contribution in [0.4, 0.5) is 5.69 Å². The van der Waals surface area contributed by atoms with Crippen molar-refractivity contribution in [3.63, 3.8) is 0 Å². The summed E-state index contributed by atoms with van der Waals surface area (Å²) in [5.41, 5.74) is 3.85. The summed E-state index contributed by atoms with van der Waals surface area (Å²) in [6.07, 6.45) is 8.76. The molecule has 1 atom stereocenters. The lowest BCUT2D eigenvalue weighted by atomic mass is 10.1. The van der Waals surface area contributed by atoms with Gasteiger partial charge in [-0.2, -0.15) is 0 Å². The Bertz CT molecular complexity index is 504. The number of likely N-dealkylation sites (tertiary alicyclic amines) is 1. The summed E-state index contributed by atoms with van der Waals surface area (Å²) in [6, 6.07) is 6.47. The van der Waals surface area contributed by atoms with Crippen LogP contribution in [-0.4, -0.2) is 25.0 Å². The summed E-state index contributed by atoms with van der Waals surface area (Å²) >= 11 is 0. The molecule has 0 unspecified atom stereocenters. The summed E-state index contributed by atoms with van der Waals surface area (Å²) in [5, 5.41) is 3.13. The van der Waals surface area contributed by atoms with Gasteiger partial charge >= 0.3 is 0 Å². The van der Waals surface area contributed by atoms with Gasteiger partial charge in [0.15, 0.2) is 6.04 Å². The molecule has 0 spiro atoms. The van der Waals surface area contributed by atoms with Gasteiger partial charge in [-0.25, -0.2) is 0 Å². The molecule has 1 heterocycles. The monoisotopic (exact) mass is 287 g/mol. The van der Waals surface area contributed by atoms with Crippen molar-refractivity contribution in [1.82, 2.24) is 0 Å². The van der Waals surface area contributed by atoms with Gasteiger partial charge in [-0.15, -0.1) is 0 Å². The van der Waals surface area contributed by atoms with E-state index < -0.39 is 0 Å². The molecule has 0 saturated carbocycles. The lowest BCUT2D eigenvalue weighted by Gasteiger charge is -2.23. The van der Waals surface area contributed by atoms with E-state index in [2.05, 4.69) is 30.4 Å². The normalized spacial score (nSPS) is 20.6. The van der Waals surface area contributed by atoms with Gasteiger partial charge in [0.05, 0.1) is 13.1 Å². The van der Waals surface area contributed by atoms with Crippen molar-refractivity contribution < 1.29 is 9.69 Å². The van der Waals surface area contributed by atoms with E-state index in [0.717, 1.165) is 25.2 Å². The van der Waals surface area contributed by atoms with Gasteiger partial charge in [-0.05, 0) is 75.1 Å². The van der Waals surface area contributed by atoms with Gasteiger partial charge in [0, 0.05) is 5.69 Å². The van der Waals surface area contributed by atoms with Gasteiger partial charge in [0.2, 0.25) is 0 Å². The van der Waals surface area contributed by atoms with Crippen LogP contribution in [0.5, 0.6) is 0 Å². The minimum absolute atomic E-state index is 0.0522. The minimum atomic E-state index is 0.0522. The highest BCUT2D eigenvalue weighted by atomic mass is 16.2. The number of quaternary nitrogens is 1. The highest BCUT2D eigenvalue weighted by Gasteiger charge is 2.26. The van der Waals surface area contributed by atoms with Gasteiger partial charge in [0.25, 0.3) is 5.91 Å². The fraction of sp³-hybridized carbons (Fsp3) is 0.611. The lowest BCUT2D eigenvalue weighted by molar-refractivity contribution is -0.913. The van der Waals surface area contributed by atoms with E-state index in [4.69, 9.17) is 0 Å². The molecule has 2 aliphatic rings. The van der Waals surface area contributed by atoms with Crippen LogP contribution in [0.2, 0.25) is 0 Å². The van der Waals surface area contributed by atoms with E-state index in [1.165, 1.54) is 54.6 Å². The molecular weight excluding hydrogens is 260 g/mol. The molecule has 0 bridgehead atoms. The van der Waals surface area contributed by atoms with Crippen molar-refractivity contribution in [2.45, 2.75) is 57.9 Å². The molecule has 1 aliphatic heterocycles. The Morgan fingerprint density at radius 2 is 1.76 bits per heavy atom. The molecular formula is C18H27N2O+. The van der Waals surface area contributed by atoms with E-state index in [1.54, 1.807) is 0 Å². The molecule has 2 N–H and O–H groups in total. The zero-order valence-corrected chi connectivity index (χ0v) is 13.1. The largest absolute Gasteiger partial charge is 0.325 e. The van der Waals surface area contributed by atoms with Crippen LogP contribution in [0.1, 0.15) is 50.2 Å². The zero-order valence-electron chi connectivity index (χ0n) is 13.1. The molecule has 1 aromatic rings. The standard InChI is InChI=1S/C18H26N2O/c1-14(20-11-4-2-3-5-12-20)18(21)19-17-10-9-15-7-6-8-16(15)13-17/h9-10,13-14H,2-8,11-12H2,1H3,(H,19,21)/p+1/t14-/m1/s1. The van der Waals surface area contributed by atoms with Gasteiger partial charge in [-0.3, -0.25) is 4.79 Å². The van der Waals surface area contributed by atoms with E-state index in [9.17, 15) is 4.79 Å². The number of hydrogen-bond donors (Lipinski definition) is 2. The van der Waals surface area contributed by atoms with E-state index >= 15 is 0 Å². The number of carbonyl (C=O) groups is 1. The Balaban J connectivity index is 1.62. The molecule has 3 heteroatoms. The first-order chi connectivity index (χ1) is 10.2. The highest BCUT2D eigenvalue weighted by Crippen LogP contribution is 2.24. The molecule has 1 aliphatic carbocycles. The molecule has 1 amide bonds. The Morgan fingerprint density at radius 1 is 1.05 bits per heavy atom. The Kier molecular flexibility index (Phi) is 4.59. The number of hydrogen-bond acceptors (Lipinski definition) is 1. The average Bonchev–Trinajstić information content (AvgIpc) is 2.78. The summed E-state index contributed by atoms with van der Waals surface area (Å²) in [6.45, 7) is 4.35. The third-order valence-electron chi connectivity index (χ3n) is 5.12. The van der Waals surface area contributed by atoms with E-state index in [-0.39, 0.29) is 11.9 Å². The maximum atomic E-state index is 12.5. The number of fused-ring (bicyclic) bond motifs is 1. The van der Waals surface area contributed by atoms with Gasteiger partial charge in [-0.1, -0.05) is 6.07 Å². The molecule has 21 heavy (non-hydrogen) atoms. The van der Waals surface area contributed by atoms with Crippen LogP contribution in [0, 0.1) is 0 Å². The van der Waals surface area contributed by atoms with E-state index in [0.29, 0.717) is 0 Å². The number of nitrogens with one attached hydrogen (secondary N) is 2. The minimum Gasteiger partial charge on any atom is -0.325 e. The fourth-order valence-corrected chi connectivity index (χ4v) is 3.70. The predicted molar refractivity (Wildman–Crippen MR) is 85.7 cm³/mol. The number of carbonyl (C=O) groups excluding carboxylic acids is 1. The molecule has 0 radical (unpaired) electrons. The molecule has 114 valence electrons. The lowest BCUT2D eigenvalue weighted by Crippen LogP contribution is -3.16. The van der Waals surface area contributed by atoms with Crippen molar-refractivity contribution in [1.29, 1.82) is 0 Å². The number of benzene rings is 1. The Labute approximate surface area is 127 Å². The fourth-order valence-electron chi connectivity index (χ4n) is 3.70. The molecule has 1 aromatic carbocycles. The molecule has 1 fully saturated rings. The smallest absolute Gasteiger partial charge is 0.282 e. The van der Waals surface area contributed by atoms with Crippen molar-refractivity contribution in [2.75, 3.05) is 18.4 Å². The molecule has 3 rings (SSSR count). The topological polar surface area (TPSA) is 33.5 Å². The number of aryl methyl sites for hydroxylation is 2. The second-order valence-electron chi connectivity index (χ2n) is 6.62. The van der Waals surface area contributed by atoms with Crippen molar-refractivity contribution in [3.8, 4) is 0 Å². The Morgan fingerprint density at radius 3 is 2.52 bits per heavy atom. The third-order valence-corrected chi connectivity index (χ3v) is 5.12.